The van der Waals surface area contributed by atoms with Gasteiger partial charge in [-0.2, -0.15) is 0 Å². The van der Waals surface area contributed by atoms with Crippen molar-refractivity contribution in [1.29, 1.82) is 0 Å². The van der Waals surface area contributed by atoms with E-state index in [2.05, 4.69) is 0 Å². The van der Waals surface area contributed by atoms with Crippen LogP contribution in [0.15, 0.2) is 47.8 Å². The normalized spacial score (nSPS) is 10.2. The first-order valence-electron chi connectivity index (χ1n) is 6.84. The van der Waals surface area contributed by atoms with Gasteiger partial charge in [-0.05, 0) is 23.6 Å². The monoisotopic (exact) mass is 318 g/mol. The molecule has 1 aromatic heterocycles. The van der Waals surface area contributed by atoms with Crippen LogP contribution < -0.4 is 4.90 Å². The molecule has 5 nitrogen and oxygen atoms in total. The molecule has 22 heavy (non-hydrogen) atoms. The van der Waals surface area contributed by atoms with Crippen molar-refractivity contribution in [3.05, 3.63) is 52.7 Å². The van der Waals surface area contributed by atoms with E-state index in [0.29, 0.717) is 6.54 Å². The van der Waals surface area contributed by atoms with E-state index in [0.717, 1.165) is 10.6 Å². The molecule has 2 aromatic rings. The summed E-state index contributed by atoms with van der Waals surface area (Å²) in [5, 5.41) is 11.0. The smallest absolute Gasteiger partial charge is 0.323 e. The van der Waals surface area contributed by atoms with Crippen molar-refractivity contribution in [2.75, 3.05) is 25.0 Å². The molecule has 2 rings (SSSR count). The highest BCUT2D eigenvalue weighted by molar-refractivity contribution is 7.09. The van der Waals surface area contributed by atoms with Crippen molar-refractivity contribution in [1.82, 2.24) is 4.90 Å². The number of carboxylic acids is 1. The van der Waals surface area contributed by atoms with Crippen LogP contribution in [0, 0.1) is 0 Å². The van der Waals surface area contributed by atoms with Gasteiger partial charge in [0.1, 0.15) is 6.54 Å². The summed E-state index contributed by atoms with van der Waals surface area (Å²) < 4.78 is 0. The quantitative estimate of drug-likeness (QED) is 0.851. The molecule has 0 fully saturated rings. The number of hydrogen-bond acceptors (Lipinski definition) is 4. The molecule has 1 aromatic carbocycles. The number of nitrogens with zero attached hydrogens (tertiary/aromatic N) is 2. The number of carbonyl (C=O) groups is 2. The summed E-state index contributed by atoms with van der Waals surface area (Å²) in [5.41, 5.74) is 0.725. The Morgan fingerprint density at radius 2 is 1.82 bits per heavy atom. The summed E-state index contributed by atoms with van der Waals surface area (Å²) in [6.07, 6.45) is 0. The molecule has 1 amide bonds. The van der Waals surface area contributed by atoms with Crippen molar-refractivity contribution in [2.45, 2.75) is 6.54 Å². The molecule has 0 bridgehead atoms. The predicted molar refractivity (Wildman–Crippen MR) is 87.1 cm³/mol. The Kier molecular flexibility index (Phi) is 5.55. The van der Waals surface area contributed by atoms with Gasteiger partial charge < -0.3 is 14.9 Å². The molecule has 0 aliphatic heterocycles. The fourth-order valence-corrected chi connectivity index (χ4v) is 2.81. The highest BCUT2D eigenvalue weighted by Crippen LogP contribution is 2.14. The molecule has 116 valence electrons. The van der Waals surface area contributed by atoms with Gasteiger partial charge in [-0.25, -0.2) is 0 Å². The highest BCUT2D eigenvalue weighted by Gasteiger charge is 2.17. The van der Waals surface area contributed by atoms with Crippen LogP contribution in [0.5, 0.6) is 0 Å². The Hall–Kier alpha value is -2.34. The number of carbonyl (C=O) groups excluding carboxylic acids is 1. The van der Waals surface area contributed by atoms with E-state index in [-0.39, 0.29) is 19.0 Å². The zero-order chi connectivity index (χ0) is 15.9. The first kappa shape index (κ1) is 16.0. The largest absolute Gasteiger partial charge is 0.480 e. The Labute approximate surface area is 133 Å². The van der Waals surface area contributed by atoms with Crippen molar-refractivity contribution in [2.24, 2.45) is 0 Å². The fraction of sp³-hybridized carbons (Fsp3) is 0.250. The molecular formula is C16H18N2O3S. The Morgan fingerprint density at radius 3 is 2.41 bits per heavy atom. The van der Waals surface area contributed by atoms with Gasteiger partial charge in [-0.3, -0.25) is 9.59 Å². The predicted octanol–water partition coefficient (Wildman–Crippen LogP) is 2.30. The van der Waals surface area contributed by atoms with E-state index in [4.69, 9.17) is 5.11 Å². The van der Waals surface area contributed by atoms with Crippen LogP contribution in [0.2, 0.25) is 0 Å². The number of hydrogen-bond donors (Lipinski definition) is 1. The topological polar surface area (TPSA) is 60.9 Å². The van der Waals surface area contributed by atoms with E-state index < -0.39 is 5.97 Å². The van der Waals surface area contributed by atoms with Crippen LogP contribution in [0.4, 0.5) is 5.69 Å². The van der Waals surface area contributed by atoms with Gasteiger partial charge in [0, 0.05) is 17.6 Å². The number of anilines is 1. The number of thiophene rings is 1. The van der Waals surface area contributed by atoms with E-state index >= 15 is 0 Å². The lowest BCUT2D eigenvalue weighted by molar-refractivity contribution is -0.135. The Morgan fingerprint density at radius 1 is 1.09 bits per heavy atom. The number of para-hydroxylation sites is 1. The van der Waals surface area contributed by atoms with Gasteiger partial charge >= 0.3 is 5.97 Å². The van der Waals surface area contributed by atoms with Crippen LogP contribution in [0.1, 0.15) is 4.88 Å². The van der Waals surface area contributed by atoms with Crippen molar-refractivity contribution < 1.29 is 14.7 Å². The molecule has 0 unspecified atom stereocenters. The lowest BCUT2D eigenvalue weighted by Gasteiger charge is -2.25. The van der Waals surface area contributed by atoms with E-state index in [1.54, 1.807) is 40.3 Å². The molecule has 0 aliphatic rings. The van der Waals surface area contributed by atoms with Gasteiger partial charge in [0.2, 0.25) is 5.91 Å². The third-order valence-electron chi connectivity index (χ3n) is 3.17. The zero-order valence-corrected chi connectivity index (χ0v) is 13.1. The van der Waals surface area contributed by atoms with Crippen LogP contribution in [-0.4, -0.2) is 42.0 Å². The number of aliphatic carboxylic acids is 1. The van der Waals surface area contributed by atoms with Crippen LogP contribution >= 0.6 is 11.3 Å². The maximum absolute atomic E-state index is 12.3. The van der Waals surface area contributed by atoms with Gasteiger partial charge in [-0.15, -0.1) is 11.3 Å². The van der Waals surface area contributed by atoms with Gasteiger partial charge in [-0.1, -0.05) is 24.3 Å². The van der Waals surface area contributed by atoms with Crippen LogP contribution in [-0.2, 0) is 16.1 Å². The summed E-state index contributed by atoms with van der Waals surface area (Å²) in [4.78, 5) is 27.6. The minimum absolute atomic E-state index is 0.0399. The zero-order valence-electron chi connectivity index (χ0n) is 12.3. The molecule has 1 heterocycles. The van der Waals surface area contributed by atoms with Crippen molar-refractivity contribution >= 4 is 28.9 Å². The van der Waals surface area contributed by atoms with Crippen LogP contribution in [0.25, 0.3) is 0 Å². The first-order valence-corrected chi connectivity index (χ1v) is 7.72. The third kappa shape index (κ3) is 4.60. The third-order valence-corrected chi connectivity index (χ3v) is 4.03. The number of carboxylic acid groups (broad SMARTS) is 1. The summed E-state index contributed by atoms with van der Waals surface area (Å²) in [5.74, 6) is -1.07. The van der Waals surface area contributed by atoms with Crippen molar-refractivity contribution in [3.63, 3.8) is 0 Å². The lowest BCUT2D eigenvalue weighted by atomic mass is 10.2. The Bertz CT molecular complexity index is 614. The Balaban J connectivity index is 2.03. The molecule has 0 radical (unpaired) electrons. The average Bonchev–Trinajstić information content (AvgIpc) is 3.00. The second kappa shape index (κ2) is 7.61. The van der Waals surface area contributed by atoms with Gasteiger partial charge in [0.05, 0.1) is 13.1 Å². The summed E-state index contributed by atoms with van der Waals surface area (Å²) in [7, 11) is 1.73. The minimum atomic E-state index is -0.961. The van der Waals surface area contributed by atoms with E-state index in [9.17, 15) is 9.59 Å². The average molecular weight is 318 g/mol. The molecular weight excluding hydrogens is 300 g/mol. The molecule has 0 saturated heterocycles. The molecule has 1 N–H and O–H groups in total. The number of likely N-dealkylation sites (N-methyl/N-ethyl adjacent to an activating group) is 1. The number of amides is 1. The van der Waals surface area contributed by atoms with Crippen molar-refractivity contribution in [3.8, 4) is 0 Å². The van der Waals surface area contributed by atoms with Gasteiger partial charge in [0.25, 0.3) is 0 Å². The standard InChI is InChI=1S/C16H18N2O3S/c1-17(10-14-8-5-9-22-14)15(19)11-18(12-16(20)21)13-6-3-2-4-7-13/h2-9H,10-12H2,1H3,(H,20,21). The summed E-state index contributed by atoms with van der Waals surface area (Å²) in [6.45, 7) is 0.368. The summed E-state index contributed by atoms with van der Waals surface area (Å²) in [6, 6.07) is 13.0. The summed E-state index contributed by atoms with van der Waals surface area (Å²) >= 11 is 1.59. The SMILES string of the molecule is CN(Cc1cccs1)C(=O)CN(CC(=O)O)c1ccccc1. The highest BCUT2D eigenvalue weighted by atomic mass is 32.1. The number of benzene rings is 1. The molecule has 0 atom stereocenters. The second-order valence-corrected chi connectivity index (χ2v) is 5.95. The molecule has 6 heteroatoms. The number of rotatable bonds is 7. The molecule has 0 aliphatic carbocycles. The maximum Gasteiger partial charge on any atom is 0.323 e. The van der Waals surface area contributed by atoms with E-state index in [1.165, 1.54) is 0 Å². The minimum Gasteiger partial charge on any atom is -0.480 e. The lowest BCUT2D eigenvalue weighted by Crippen LogP contribution is -2.40. The first-order chi connectivity index (χ1) is 10.6. The molecule has 0 spiro atoms. The van der Waals surface area contributed by atoms with Gasteiger partial charge in [0.15, 0.2) is 0 Å². The fourth-order valence-electron chi connectivity index (χ4n) is 2.05. The van der Waals surface area contributed by atoms with Crippen LogP contribution in [0.3, 0.4) is 0 Å². The molecule has 0 saturated carbocycles. The second-order valence-electron chi connectivity index (χ2n) is 4.91. The maximum atomic E-state index is 12.3. The van der Waals surface area contributed by atoms with E-state index in [1.807, 2.05) is 35.7 Å².